The Morgan fingerprint density at radius 1 is 1.00 bits per heavy atom. The molecule has 2 aromatic rings. The van der Waals surface area contributed by atoms with Crippen LogP contribution in [-0.2, 0) is 14.4 Å². The van der Waals surface area contributed by atoms with Crippen molar-refractivity contribution in [2.75, 3.05) is 16.0 Å². The molecule has 124 valence electrons. The molecule has 0 saturated carbocycles. The summed E-state index contributed by atoms with van der Waals surface area (Å²) in [5, 5.41) is 2.52. The van der Waals surface area contributed by atoms with Crippen LogP contribution in [0.2, 0.25) is 0 Å². The summed E-state index contributed by atoms with van der Waals surface area (Å²) >= 11 is 0. The number of anilines is 3. The second-order valence-electron chi connectivity index (χ2n) is 5.51. The molecule has 3 N–H and O–H groups in total. The largest absolute Gasteiger partial charge is 0.399 e. The van der Waals surface area contributed by atoms with Crippen LogP contribution in [0.4, 0.5) is 17.1 Å². The number of hydrogen-bond donors (Lipinski definition) is 2. The molecule has 0 aliphatic rings. The van der Waals surface area contributed by atoms with Crippen molar-refractivity contribution < 1.29 is 14.4 Å². The molecule has 6 heteroatoms. The number of nitrogens with one attached hydrogen (secondary N) is 1. The number of benzene rings is 2. The number of hydrogen-bond acceptors (Lipinski definition) is 4. The predicted molar refractivity (Wildman–Crippen MR) is 93.6 cm³/mol. The fourth-order valence-electron chi connectivity index (χ4n) is 2.21. The summed E-state index contributed by atoms with van der Waals surface area (Å²) in [6.07, 6.45) is 0. The molecule has 2 rings (SSSR count). The normalized spacial score (nSPS) is 10.1. The summed E-state index contributed by atoms with van der Waals surface area (Å²) in [6.45, 7) is 5.06. The fraction of sp³-hybridized carbons (Fsp3) is 0.167. The predicted octanol–water partition coefficient (Wildman–Crippen LogP) is 2.40. The number of amides is 3. The van der Waals surface area contributed by atoms with Crippen molar-refractivity contribution in [2.45, 2.75) is 20.8 Å². The van der Waals surface area contributed by atoms with E-state index in [0.29, 0.717) is 11.4 Å². The Morgan fingerprint density at radius 3 is 2.29 bits per heavy atom. The summed E-state index contributed by atoms with van der Waals surface area (Å²) in [4.78, 5) is 37.3. The van der Waals surface area contributed by atoms with Crippen LogP contribution in [-0.4, -0.2) is 17.7 Å². The highest BCUT2D eigenvalue weighted by molar-refractivity contribution is 6.48. The van der Waals surface area contributed by atoms with E-state index >= 15 is 0 Å². The Hall–Kier alpha value is -3.15. The lowest BCUT2D eigenvalue weighted by Gasteiger charge is -2.19. The van der Waals surface area contributed by atoms with Gasteiger partial charge in [-0.3, -0.25) is 14.4 Å². The maximum Gasteiger partial charge on any atom is 0.323 e. The van der Waals surface area contributed by atoms with Gasteiger partial charge in [0.25, 0.3) is 0 Å². The van der Waals surface area contributed by atoms with Gasteiger partial charge in [-0.05, 0) is 55.3 Å². The average molecular weight is 325 g/mol. The van der Waals surface area contributed by atoms with E-state index in [9.17, 15) is 14.4 Å². The SMILES string of the molecule is CC(=O)N(C(=O)C(=O)Nc1ccc(C)c(C)c1)c1cccc(N)c1. The third-order valence-electron chi connectivity index (χ3n) is 3.61. The van der Waals surface area contributed by atoms with Gasteiger partial charge in [-0.2, -0.15) is 0 Å². The van der Waals surface area contributed by atoms with Crippen LogP contribution in [0.15, 0.2) is 42.5 Å². The second kappa shape index (κ2) is 6.95. The van der Waals surface area contributed by atoms with Gasteiger partial charge >= 0.3 is 11.8 Å². The van der Waals surface area contributed by atoms with Gasteiger partial charge in [0.1, 0.15) is 0 Å². The third kappa shape index (κ3) is 3.78. The summed E-state index contributed by atoms with van der Waals surface area (Å²) in [7, 11) is 0. The van der Waals surface area contributed by atoms with Gasteiger partial charge in [0.2, 0.25) is 5.91 Å². The zero-order chi connectivity index (χ0) is 17.9. The molecule has 3 amide bonds. The topological polar surface area (TPSA) is 92.5 Å². The number of imide groups is 1. The van der Waals surface area contributed by atoms with Gasteiger partial charge in [-0.15, -0.1) is 0 Å². The molecule has 0 spiro atoms. The van der Waals surface area contributed by atoms with E-state index in [2.05, 4.69) is 5.32 Å². The molecular weight excluding hydrogens is 306 g/mol. The van der Waals surface area contributed by atoms with E-state index < -0.39 is 17.7 Å². The van der Waals surface area contributed by atoms with Gasteiger partial charge in [0.15, 0.2) is 0 Å². The maximum absolute atomic E-state index is 12.4. The molecule has 0 aliphatic carbocycles. The first-order valence-corrected chi connectivity index (χ1v) is 7.38. The number of nitrogen functional groups attached to an aromatic ring is 1. The summed E-state index contributed by atoms with van der Waals surface area (Å²) in [5.41, 5.74) is 8.87. The van der Waals surface area contributed by atoms with E-state index in [-0.39, 0.29) is 5.69 Å². The number of carbonyl (C=O) groups is 3. The molecule has 0 aromatic heterocycles. The van der Waals surface area contributed by atoms with Gasteiger partial charge in [-0.25, -0.2) is 4.90 Å². The molecular formula is C18H19N3O3. The molecule has 0 bridgehead atoms. The molecule has 0 radical (unpaired) electrons. The second-order valence-corrected chi connectivity index (χ2v) is 5.51. The van der Waals surface area contributed by atoms with E-state index in [4.69, 9.17) is 5.73 Å². The first-order valence-electron chi connectivity index (χ1n) is 7.38. The van der Waals surface area contributed by atoms with Gasteiger partial charge in [0.05, 0.1) is 5.69 Å². The van der Waals surface area contributed by atoms with Crippen molar-refractivity contribution in [2.24, 2.45) is 0 Å². The molecule has 6 nitrogen and oxygen atoms in total. The first kappa shape index (κ1) is 17.2. The molecule has 0 atom stereocenters. The number of carbonyl (C=O) groups excluding carboxylic acids is 3. The fourth-order valence-corrected chi connectivity index (χ4v) is 2.21. The maximum atomic E-state index is 12.4. The quantitative estimate of drug-likeness (QED) is 0.655. The smallest absolute Gasteiger partial charge is 0.323 e. The van der Waals surface area contributed by atoms with Crippen LogP contribution >= 0.6 is 0 Å². The lowest BCUT2D eigenvalue weighted by molar-refractivity contribution is -0.136. The van der Waals surface area contributed by atoms with E-state index in [1.807, 2.05) is 19.9 Å². The molecule has 24 heavy (non-hydrogen) atoms. The highest BCUT2D eigenvalue weighted by Crippen LogP contribution is 2.19. The Bertz CT molecular complexity index is 815. The van der Waals surface area contributed by atoms with Crippen molar-refractivity contribution in [3.05, 3.63) is 53.6 Å². The zero-order valence-electron chi connectivity index (χ0n) is 13.8. The number of nitrogens with two attached hydrogens (primary N) is 1. The van der Waals surface area contributed by atoms with Crippen LogP contribution in [0.5, 0.6) is 0 Å². The molecule has 0 heterocycles. The minimum atomic E-state index is -0.966. The van der Waals surface area contributed by atoms with Crippen molar-refractivity contribution in [1.29, 1.82) is 0 Å². The minimum Gasteiger partial charge on any atom is -0.399 e. The Balaban J connectivity index is 2.24. The molecule has 2 aromatic carbocycles. The molecule has 0 fully saturated rings. The third-order valence-corrected chi connectivity index (χ3v) is 3.61. The van der Waals surface area contributed by atoms with Crippen molar-refractivity contribution in [1.82, 2.24) is 0 Å². The van der Waals surface area contributed by atoms with Crippen LogP contribution < -0.4 is 16.0 Å². The average Bonchev–Trinajstić information content (AvgIpc) is 2.50. The van der Waals surface area contributed by atoms with Crippen molar-refractivity contribution >= 4 is 34.8 Å². The summed E-state index contributed by atoms with van der Waals surface area (Å²) in [5.74, 6) is -2.43. The minimum absolute atomic E-state index is 0.253. The summed E-state index contributed by atoms with van der Waals surface area (Å²) < 4.78 is 0. The van der Waals surface area contributed by atoms with Crippen molar-refractivity contribution in [3.8, 4) is 0 Å². The van der Waals surface area contributed by atoms with E-state index in [1.54, 1.807) is 30.3 Å². The van der Waals surface area contributed by atoms with E-state index in [0.717, 1.165) is 16.0 Å². The number of nitrogens with zero attached hydrogens (tertiary/aromatic N) is 1. The monoisotopic (exact) mass is 325 g/mol. The van der Waals surface area contributed by atoms with Gasteiger partial charge < -0.3 is 11.1 Å². The Morgan fingerprint density at radius 2 is 1.71 bits per heavy atom. The number of rotatable bonds is 2. The van der Waals surface area contributed by atoms with Crippen LogP contribution in [0.25, 0.3) is 0 Å². The van der Waals surface area contributed by atoms with Crippen LogP contribution in [0.3, 0.4) is 0 Å². The Labute approximate surface area is 140 Å². The van der Waals surface area contributed by atoms with Crippen LogP contribution in [0, 0.1) is 13.8 Å². The first-order chi connectivity index (χ1) is 11.3. The highest BCUT2D eigenvalue weighted by Gasteiger charge is 2.27. The van der Waals surface area contributed by atoms with Gasteiger partial charge in [-0.1, -0.05) is 12.1 Å². The van der Waals surface area contributed by atoms with E-state index in [1.165, 1.54) is 13.0 Å². The molecule has 0 aliphatic heterocycles. The van der Waals surface area contributed by atoms with Crippen molar-refractivity contribution in [3.63, 3.8) is 0 Å². The lowest BCUT2D eigenvalue weighted by Crippen LogP contribution is -2.42. The van der Waals surface area contributed by atoms with Gasteiger partial charge in [0, 0.05) is 18.3 Å². The zero-order valence-corrected chi connectivity index (χ0v) is 13.8. The van der Waals surface area contributed by atoms with Crippen LogP contribution in [0.1, 0.15) is 18.1 Å². The Kier molecular flexibility index (Phi) is 4.99. The standard InChI is InChI=1S/C18H19N3O3/c1-11-7-8-15(9-12(11)2)20-17(23)18(24)21(13(3)22)16-6-4-5-14(19)10-16/h4-10H,19H2,1-3H3,(H,20,23). The highest BCUT2D eigenvalue weighted by atomic mass is 16.2. The molecule has 0 saturated heterocycles. The number of aryl methyl sites for hydroxylation is 2. The summed E-state index contributed by atoms with van der Waals surface area (Å²) in [6, 6.07) is 11.5. The lowest BCUT2D eigenvalue weighted by atomic mass is 10.1. The molecule has 0 unspecified atom stereocenters.